The Balaban J connectivity index is 2.27. The highest BCUT2D eigenvalue weighted by Crippen LogP contribution is 2.28. The second-order valence-corrected chi connectivity index (χ2v) is 6.94. The molecule has 0 saturated carbocycles. The van der Waals surface area contributed by atoms with Crippen LogP contribution in [0.25, 0.3) is 10.9 Å². The van der Waals surface area contributed by atoms with Crippen molar-refractivity contribution in [3.8, 4) is 5.75 Å². The Labute approximate surface area is 128 Å². The van der Waals surface area contributed by atoms with Gasteiger partial charge in [-0.05, 0) is 37.3 Å². The number of aromatic nitrogens is 1. The third-order valence-corrected chi connectivity index (χ3v) is 5.27. The van der Waals surface area contributed by atoms with Gasteiger partial charge in [-0.2, -0.15) is 0 Å². The van der Waals surface area contributed by atoms with Crippen molar-refractivity contribution in [2.24, 2.45) is 0 Å². The quantitative estimate of drug-likeness (QED) is 0.777. The van der Waals surface area contributed by atoms with E-state index < -0.39 is 10.0 Å². The topological polar surface area (TPSA) is 79.5 Å². The Morgan fingerprint density at radius 3 is 2.41 bits per heavy atom. The van der Waals surface area contributed by atoms with Crippen LogP contribution in [-0.4, -0.2) is 22.6 Å². The number of nitrogens with zero attached hydrogens (tertiary/aromatic N) is 1. The zero-order valence-electron chi connectivity index (χ0n) is 11.9. The van der Waals surface area contributed by atoms with E-state index >= 15 is 0 Å². The number of fused-ring (bicyclic) bond motifs is 1. The molecule has 0 atom stereocenters. The van der Waals surface area contributed by atoms with Crippen LogP contribution in [0.15, 0.2) is 53.6 Å². The van der Waals surface area contributed by atoms with Gasteiger partial charge in [0.2, 0.25) is 0 Å². The van der Waals surface area contributed by atoms with Crippen LogP contribution in [0.5, 0.6) is 5.75 Å². The summed E-state index contributed by atoms with van der Waals surface area (Å²) < 4.78 is 26.7. The third kappa shape index (κ3) is 2.26. The molecule has 0 aliphatic rings. The van der Waals surface area contributed by atoms with Gasteiger partial charge in [-0.3, -0.25) is 0 Å². The van der Waals surface area contributed by atoms with E-state index in [0.717, 1.165) is 9.54 Å². The predicted octanol–water partition coefficient (Wildman–Crippen LogP) is 2.38. The number of phenols is 1. The fourth-order valence-electron chi connectivity index (χ4n) is 2.40. The summed E-state index contributed by atoms with van der Waals surface area (Å²) in [4.78, 5) is 0.174. The molecule has 5 nitrogen and oxygen atoms in total. The van der Waals surface area contributed by atoms with Crippen LogP contribution in [-0.2, 0) is 16.6 Å². The molecule has 0 radical (unpaired) electrons. The van der Waals surface area contributed by atoms with E-state index in [0.29, 0.717) is 16.5 Å². The maximum Gasteiger partial charge on any atom is 0.268 e. The second-order valence-electron chi connectivity index (χ2n) is 5.13. The minimum Gasteiger partial charge on any atom is -0.508 e. The highest BCUT2D eigenvalue weighted by atomic mass is 32.2. The number of benzene rings is 2. The van der Waals surface area contributed by atoms with Crippen molar-refractivity contribution in [2.45, 2.75) is 18.4 Å². The van der Waals surface area contributed by atoms with Crippen molar-refractivity contribution in [3.05, 3.63) is 59.8 Å². The Hall–Kier alpha value is -2.31. The molecule has 6 heteroatoms. The zero-order chi connectivity index (χ0) is 15.9. The van der Waals surface area contributed by atoms with Crippen LogP contribution in [0.4, 0.5) is 0 Å². The van der Waals surface area contributed by atoms with E-state index in [-0.39, 0.29) is 17.3 Å². The maximum atomic E-state index is 12.8. The van der Waals surface area contributed by atoms with E-state index in [1.807, 2.05) is 6.92 Å². The standard InChI is InChI=1S/C16H15NO4S/c1-11-2-5-14(6-3-11)22(20,21)17-9-12(10-18)15-8-13(19)4-7-16(15)17/h2-9,18-19H,10H2,1H3. The van der Waals surface area contributed by atoms with Crippen molar-refractivity contribution < 1.29 is 18.6 Å². The van der Waals surface area contributed by atoms with E-state index in [4.69, 9.17) is 0 Å². The summed E-state index contributed by atoms with van der Waals surface area (Å²) in [5.74, 6) is 0.0210. The number of aliphatic hydroxyl groups is 1. The summed E-state index contributed by atoms with van der Waals surface area (Å²) in [5, 5.41) is 19.5. The molecule has 0 fully saturated rings. The molecule has 2 aromatic carbocycles. The molecule has 0 bridgehead atoms. The molecule has 0 aliphatic heterocycles. The van der Waals surface area contributed by atoms with Gasteiger partial charge < -0.3 is 10.2 Å². The van der Waals surface area contributed by atoms with Crippen LogP contribution in [0.1, 0.15) is 11.1 Å². The fraction of sp³-hybridized carbons (Fsp3) is 0.125. The first kappa shape index (κ1) is 14.6. The molecule has 3 aromatic rings. The summed E-state index contributed by atoms with van der Waals surface area (Å²) in [6.07, 6.45) is 1.39. The van der Waals surface area contributed by atoms with Crippen LogP contribution in [0.2, 0.25) is 0 Å². The van der Waals surface area contributed by atoms with Crippen molar-refractivity contribution >= 4 is 20.9 Å². The molecule has 0 amide bonds. The number of phenolic OH excluding ortho intramolecular Hbond substituents is 1. The first-order valence-corrected chi connectivity index (χ1v) is 8.13. The van der Waals surface area contributed by atoms with Gasteiger partial charge in [0.05, 0.1) is 17.0 Å². The van der Waals surface area contributed by atoms with E-state index in [1.165, 1.54) is 24.4 Å². The van der Waals surface area contributed by atoms with Crippen molar-refractivity contribution in [3.63, 3.8) is 0 Å². The summed E-state index contributed by atoms with van der Waals surface area (Å²) in [7, 11) is -3.76. The molecular formula is C16H15NO4S. The monoisotopic (exact) mass is 317 g/mol. The normalized spacial score (nSPS) is 11.9. The Morgan fingerprint density at radius 1 is 1.09 bits per heavy atom. The molecule has 22 heavy (non-hydrogen) atoms. The minimum atomic E-state index is -3.76. The second kappa shape index (κ2) is 5.15. The summed E-state index contributed by atoms with van der Waals surface area (Å²) >= 11 is 0. The number of rotatable bonds is 3. The summed E-state index contributed by atoms with van der Waals surface area (Å²) in [5.41, 5.74) is 1.83. The number of hydrogen-bond donors (Lipinski definition) is 2. The Bertz CT molecular complexity index is 940. The lowest BCUT2D eigenvalue weighted by atomic mass is 10.2. The Morgan fingerprint density at radius 2 is 1.77 bits per heavy atom. The molecule has 0 spiro atoms. The largest absolute Gasteiger partial charge is 0.508 e. The molecule has 114 valence electrons. The molecule has 1 heterocycles. The van der Waals surface area contributed by atoms with E-state index in [9.17, 15) is 18.6 Å². The summed E-state index contributed by atoms with van der Waals surface area (Å²) in [6.45, 7) is 1.57. The lowest BCUT2D eigenvalue weighted by Crippen LogP contribution is -2.11. The first-order valence-electron chi connectivity index (χ1n) is 6.69. The average molecular weight is 317 g/mol. The van der Waals surface area contributed by atoms with Gasteiger partial charge in [-0.1, -0.05) is 17.7 Å². The molecular weight excluding hydrogens is 302 g/mol. The first-order chi connectivity index (χ1) is 10.4. The van der Waals surface area contributed by atoms with Gasteiger partial charge in [0, 0.05) is 17.1 Å². The number of aliphatic hydroxyl groups excluding tert-OH is 1. The maximum absolute atomic E-state index is 12.8. The molecule has 0 aliphatic carbocycles. The fourth-order valence-corrected chi connectivity index (χ4v) is 3.79. The highest BCUT2D eigenvalue weighted by molar-refractivity contribution is 7.90. The van der Waals surface area contributed by atoms with Gasteiger partial charge in [-0.25, -0.2) is 12.4 Å². The number of aromatic hydroxyl groups is 1. The van der Waals surface area contributed by atoms with E-state index in [1.54, 1.807) is 24.3 Å². The van der Waals surface area contributed by atoms with Crippen molar-refractivity contribution in [1.29, 1.82) is 0 Å². The number of aryl methyl sites for hydroxylation is 1. The van der Waals surface area contributed by atoms with Crippen molar-refractivity contribution in [1.82, 2.24) is 3.97 Å². The van der Waals surface area contributed by atoms with E-state index in [2.05, 4.69) is 0 Å². The molecule has 3 rings (SSSR count). The van der Waals surface area contributed by atoms with Gasteiger partial charge in [0.15, 0.2) is 0 Å². The van der Waals surface area contributed by atoms with Gasteiger partial charge in [0.1, 0.15) is 5.75 Å². The molecule has 0 unspecified atom stereocenters. The van der Waals surface area contributed by atoms with Crippen LogP contribution < -0.4 is 0 Å². The van der Waals surface area contributed by atoms with Gasteiger partial charge in [0.25, 0.3) is 10.0 Å². The van der Waals surface area contributed by atoms with Crippen LogP contribution >= 0.6 is 0 Å². The Kier molecular flexibility index (Phi) is 3.42. The lowest BCUT2D eigenvalue weighted by molar-refractivity contribution is 0.283. The van der Waals surface area contributed by atoms with Crippen LogP contribution in [0.3, 0.4) is 0 Å². The molecule has 0 saturated heterocycles. The summed E-state index contributed by atoms with van der Waals surface area (Å²) in [6, 6.07) is 11.0. The molecule has 2 N–H and O–H groups in total. The SMILES string of the molecule is Cc1ccc(S(=O)(=O)n2cc(CO)c3cc(O)ccc32)cc1. The third-order valence-electron chi connectivity index (χ3n) is 3.58. The van der Waals surface area contributed by atoms with Gasteiger partial charge in [-0.15, -0.1) is 0 Å². The number of hydrogen-bond acceptors (Lipinski definition) is 4. The smallest absolute Gasteiger partial charge is 0.268 e. The lowest BCUT2D eigenvalue weighted by Gasteiger charge is -2.08. The predicted molar refractivity (Wildman–Crippen MR) is 83.3 cm³/mol. The average Bonchev–Trinajstić information content (AvgIpc) is 2.86. The zero-order valence-corrected chi connectivity index (χ0v) is 12.7. The van der Waals surface area contributed by atoms with Crippen molar-refractivity contribution in [2.75, 3.05) is 0 Å². The van der Waals surface area contributed by atoms with Gasteiger partial charge >= 0.3 is 0 Å². The molecule has 1 aromatic heterocycles. The highest BCUT2D eigenvalue weighted by Gasteiger charge is 2.21. The van der Waals surface area contributed by atoms with Crippen LogP contribution in [0, 0.1) is 6.92 Å². The minimum absolute atomic E-state index is 0.0210.